The molecule has 18 heavy (non-hydrogen) atoms. The van der Waals surface area contributed by atoms with Gasteiger partial charge in [-0.05, 0) is 6.07 Å². The van der Waals surface area contributed by atoms with Gasteiger partial charge in [-0.3, -0.25) is 9.78 Å². The van der Waals surface area contributed by atoms with Crippen molar-refractivity contribution in [3.63, 3.8) is 0 Å². The molecule has 1 amide bonds. The first-order valence-corrected chi connectivity index (χ1v) is 4.94. The predicted octanol–water partition coefficient (Wildman–Crippen LogP) is 1.75. The van der Waals surface area contributed by atoms with Gasteiger partial charge < -0.3 is 10.6 Å². The van der Waals surface area contributed by atoms with E-state index in [9.17, 15) is 22.4 Å². The van der Waals surface area contributed by atoms with Crippen molar-refractivity contribution in [1.29, 1.82) is 0 Å². The van der Waals surface area contributed by atoms with Gasteiger partial charge in [-0.25, -0.2) is 8.78 Å². The fourth-order valence-corrected chi connectivity index (χ4v) is 1.16. The Bertz CT molecular complexity index is 425. The number of alkyl halides is 4. The third-order valence-corrected chi connectivity index (χ3v) is 2.14. The van der Waals surface area contributed by atoms with Crippen molar-refractivity contribution in [3.8, 4) is 0 Å². The van der Waals surface area contributed by atoms with Crippen molar-refractivity contribution in [2.45, 2.75) is 12.3 Å². The molecule has 0 spiro atoms. The largest absolute Gasteiger partial charge is 0.387 e. The molecule has 0 aliphatic rings. The molecule has 0 radical (unpaired) electrons. The van der Waals surface area contributed by atoms with E-state index in [2.05, 4.69) is 10.3 Å². The minimum Gasteiger partial charge on any atom is -0.387 e. The van der Waals surface area contributed by atoms with Gasteiger partial charge in [0.05, 0.1) is 12.1 Å². The molecule has 0 atom stereocenters. The molecule has 0 aliphatic carbocycles. The molecule has 0 saturated heterocycles. The van der Waals surface area contributed by atoms with Crippen molar-refractivity contribution in [2.24, 2.45) is 0 Å². The molecule has 1 aromatic heterocycles. The van der Waals surface area contributed by atoms with Gasteiger partial charge >= 0.3 is 12.3 Å². The third kappa shape index (κ3) is 3.31. The van der Waals surface area contributed by atoms with Gasteiger partial charge in [-0.2, -0.15) is 8.78 Å². The van der Waals surface area contributed by atoms with Crippen molar-refractivity contribution < 1.29 is 22.4 Å². The van der Waals surface area contributed by atoms with Crippen molar-refractivity contribution >= 4 is 11.6 Å². The highest BCUT2D eigenvalue weighted by molar-refractivity contribution is 5.99. The molecule has 0 saturated carbocycles. The Morgan fingerprint density at radius 3 is 2.72 bits per heavy atom. The molecule has 0 aromatic carbocycles. The van der Waals surface area contributed by atoms with E-state index in [-0.39, 0.29) is 5.56 Å². The van der Waals surface area contributed by atoms with Crippen molar-refractivity contribution in [3.05, 3.63) is 24.0 Å². The number of nitrogens with one attached hydrogen (secondary N) is 2. The normalized spacial score (nSPS) is 11.4. The van der Waals surface area contributed by atoms with E-state index in [4.69, 9.17) is 0 Å². The molecule has 1 aromatic rings. The first-order valence-electron chi connectivity index (χ1n) is 4.94. The van der Waals surface area contributed by atoms with Crippen LogP contribution in [0.25, 0.3) is 0 Å². The van der Waals surface area contributed by atoms with E-state index in [1.54, 1.807) is 5.32 Å². The van der Waals surface area contributed by atoms with Gasteiger partial charge in [-0.15, -0.1) is 0 Å². The number of carbonyl (C=O) groups excluding carboxylic acids is 1. The Balaban J connectivity index is 2.72. The van der Waals surface area contributed by atoms with E-state index < -0.39 is 24.8 Å². The summed E-state index contributed by atoms with van der Waals surface area (Å²) in [5, 5.41) is 4.41. The molecule has 8 heteroatoms. The number of carbonyl (C=O) groups is 1. The van der Waals surface area contributed by atoms with E-state index in [1.807, 2.05) is 0 Å². The summed E-state index contributed by atoms with van der Waals surface area (Å²) in [7, 11) is 1.53. The molecule has 1 heterocycles. The average molecular weight is 265 g/mol. The molecule has 100 valence electrons. The highest BCUT2D eigenvalue weighted by Gasteiger charge is 2.40. The summed E-state index contributed by atoms with van der Waals surface area (Å²) in [4.78, 5) is 15.2. The highest BCUT2D eigenvalue weighted by Crippen LogP contribution is 2.22. The maximum absolute atomic E-state index is 12.6. The predicted molar refractivity (Wildman–Crippen MR) is 57.1 cm³/mol. The second-order valence-corrected chi connectivity index (χ2v) is 3.42. The van der Waals surface area contributed by atoms with E-state index in [0.29, 0.717) is 5.69 Å². The molecule has 0 bridgehead atoms. The minimum absolute atomic E-state index is 0.00469. The maximum atomic E-state index is 12.6. The van der Waals surface area contributed by atoms with Crippen LogP contribution < -0.4 is 10.6 Å². The van der Waals surface area contributed by atoms with Crippen LogP contribution in [-0.4, -0.2) is 36.8 Å². The number of pyridine rings is 1. The third-order valence-electron chi connectivity index (χ3n) is 2.14. The van der Waals surface area contributed by atoms with Gasteiger partial charge in [-0.1, -0.05) is 0 Å². The minimum atomic E-state index is -4.25. The van der Waals surface area contributed by atoms with Crippen LogP contribution in [0.3, 0.4) is 0 Å². The lowest BCUT2D eigenvalue weighted by atomic mass is 10.2. The number of anilines is 1. The lowest BCUT2D eigenvalue weighted by molar-refractivity contribution is -0.123. The fourth-order valence-electron chi connectivity index (χ4n) is 1.16. The average Bonchev–Trinajstić information content (AvgIpc) is 2.35. The van der Waals surface area contributed by atoms with Crippen LogP contribution in [0.15, 0.2) is 18.5 Å². The summed E-state index contributed by atoms with van der Waals surface area (Å²) >= 11 is 0. The quantitative estimate of drug-likeness (QED) is 0.797. The number of hydrogen-bond donors (Lipinski definition) is 2. The molecule has 2 N–H and O–H groups in total. The van der Waals surface area contributed by atoms with E-state index in [0.717, 1.165) is 6.20 Å². The highest BCUT2D eigenvalue weighted by atomic mass is 19.3. The first kappa shape index (κ1) is 14.2. The molecular weight excluding hydrogens is 254 g/mol. The van der Waals surface area contributed by atoms with Crippen LogP contribution in [-0.2, 0) is 0 Å². The summed E-state index contributed by atoms with van der Waals surface area (Å²) in [5.74, 6) is -5.15. The molecule has 0 aliphatic heterocycles. The Morgan fingerprint density at radius 2 is 2.17 bits per heavy atom. The monoisotopic (exact) mass is 265 g/mol. The van der Waals surface area contributed by atoms with E-state index >= 15 is 0 Å². The smallest absolute Gasteiger partial charge is 0.324 e. The number of aromatic nitrogens is 1. The summed E-state index contributed by atoms with van der Waals surface area (Å²) < 4.78 is 49.0. The molecule has 0 unspecified atom stereocenters. The number of nitrogens with zero attached hydrogens (tertiary/aromatic N) is 1. The second-order valence-electron chi connectivity index (χ2n) is 3.42. The van der Waals surface area contributed by atoms with Crippen LogP contribution in [0.2, 0.25) is 0 Å². The molecule has 1 rings (SSSR count). The topological polar surface area (TPSA) is 54.0 Å². The second kappa shape index (κ2) is 5.65. The van der Waals surface area contributed by atoms with Crippen LogP contribution in [0.1, 0.15) is 10.4 Å². The standard InChI is InChI=1S/C10H11F4N3O/c1-15-7-2-3-16-4-6(7)8(18)17-5-10(13,14)9(11)12/h2-4,9H,5H2,1H3,(H,15,16)(H,17,18). The van der Waals surface area contributed by atoms with Gasteiger partial charge in [0.1, 0.15) is 0 Å². The Labute approximate surface area is 100 Å². The Kier molecular flexibility index (Phi) is 4.46. The van der Waals surface area contributed by atoms with Crippen LogP contribution in [0.5, 0.6) is 0 Å². The molecular formula is C10H11F4N3O. The van der Waals surface area contributed by atoms with Crippen LogP contribution >= 0.6 is 0 Å². The Hall–Kier alpha value is -1.86. The van der Waals surface area contributed by atoms with Gasteiger partial charge in [0.15, 0.2) is 0 Å². The summed E-state index contributed by atoms with van der Waals surface area (Å²) in [6.45, 7) is -1.43. The van der Waals surface area contributed by atoms with Gasteiger partial charge in [0, 0.05) is 25.1 Å². The van der Waals surface area contributed by atoms with E-state index in [1.165, 1.54) is 19.3 Å². The zero-order valence-corrected chi connectivity index (χ0v) is 9.38. The number of rotatable bonds is 5. The maximum Gasteiger partial charge on any atom is 0.324 e. The molecule has 4 nitrogen and oxygen atoms in total. The van der Waals surface area contributed by atoms with Crippen molar-refractivity contribution in [2.75, 3.05) is 18.9 Å². The summed E-state index contributed by atoms with van der Waals surface area (Å²) in [5.41, 5.74) is 0.368. The number of halogens is 4. The SMILES string of the molecule is CNc1ccncc1C(=O)NCC(F)(F)C(F)F. The molecule has 0 fully saturated rings. The van der Waals surface area contributed by atoms with Crippen LogP contribution in [0, 0.1) is 0 Å². The lowest BCUT2D eigenvalue weighted by Crippen LogP contribution is -2.41. The Morgan fingerprint density at radius 1 is 1.50 bits per heavy atom. The first-order chi connectivity index (χ1) is 8.38. The van der Waals surface area contributed by atoms with Gasteiger partial charge in [0.25, 0.3) is 5.91 Å². The van der Waals surface area contributed by atoms with Gasteiger partial charge in [0.2, 0.25) is 0 Å². The number of amides is 1. The number of hydrogen-bond acceptors (Lipinski definition) is 3. The summed E-state index contributed by atoms with van der Waals surface area (Å²) in [6.07, 6.45) is -1.27. The fraction of sp³-hybridized carbons (Fsp3) is 0.400. The van der Waals surface area contributed by atoms with Crippen molar-refractivity contribution in [1.82, 2.24) is 10.3 Å². The lowest BCUT2D eigenvalue weighted by Gasteiger charge is -2.16. The summed E-state index contributed by atoms with van der Waals surface area (Å²) in [6, 6.07) is 1.46. The zero-order valence-electron chi connectivity index (χ0n) is 9.38. The zero-order chi connectivity index (χ0) is 13.8. The van der Waals surface area contributed by atoms with Crippen LogP contribution in [0.4, 0.5) is 23.2 Å².